The molecule has 0 spiro atoms. The van der Waals surface area contributed by atoms with Crippen molar-refractivity contribution >= 4 is 27.5 Å². The zero-order valence-electron chi connectivity index (χ0n) is 9.76. The number of nitrogens with one attached hydrogen (secondary N) is 1. The molecule has 5 nitrogen and oxygen atoms in total. The van der Waals surface area contributed by atoms with Crippen molar-refractivity contribution in [2.24, 2.45) is 0 Å². The number of aliphatic hydroxyl groups is 1. The average Bonchev–Trinajstić information content (AvgIpc) is 2.15. The molecule has 0 aliphatic rings. The lowest BCUT2D eigenvalue weighted by Gasteiger charge is -2.21. The summed E-state index contributed by atoms with van der Waals surface area (Å²) >= 11 is 1.46. The molecule has 0 heterocycles. The molecule has 2 unspecified atom stereocenters. The second-order valence-corrected chi connectivity index (χ2v) is 7.03. The van der Waals surface area contributed by atoms with Crippen molar-refractivity contribution in [1.82, 2.24) is 5.32 Å². The van der Waals surface area contributed by atoms with Crippen molar-refractivity contribution in [3.8, 4) is 0 Å². The summed E-state index contributed by atoms with van der Waals surface area (Å²) in [5.41, 5.74) is 0. The van der Waals surface area contributed by atoms with Crippen LogP contribution in [-0.4, -0.2) is 55.6 Å². The summed E-state index contributed by atoms with van der Waals surface area (Å²) < 4.78 is 21.7. The predicted molar refractivity (Wildman–Crippen MR) is 66.3 cm³/mol. The predicted octanol–water partition coefficient (Wildman–Crippen LogP) is -0.350. The molecule has 0 saturated carbocycles. The monoisotopic (exact) mass is 269 g/mol. The Kier molecular flexibility index (Phi) is 7.01. The first-order valence-corrected chi connectivity index (χ1v) is 8.25. The van der Waals surface area contributed by atoms with Gasteiger partial charge in [-0.2, -0.15) is 11.8 Å². The SMILES string of the molecule is CSC(CO)C(C)NC(=O)CCS(C)(=O)=O. The number of hydrogen-bond donors (Lipinski definition) is 2. The number of carbonyl (C=O) groups is 1. The van der Waals surface area contributed by atoms with Crippen molar-refractivity contribution in [3.63, 3.8) is 0 Å². The zero-order chi connectivity index (χ0) is 12.8. The van der Waals surface area contributed by atoms with Crippen LogP contribution in [0.4, 0.5) is 0 Å². The highest BCUT2D eigenvalue weighted by molar-refractivity contribution is 7.99. The van der Waals surface area contributed by atoms with Gasteiger partial charge in [0.1, 0.15) is 9.84 Å². The molecule has 0 aliphatic carbocycles. The number of thioether (sulfide) groups is 1. The van der Waals surface area contributed by atoms with Gasteiger partial charge in [-0.3, -0.25) is 4.79 Å². The molecule has 2 N–H and O–H groups in total. The molecular weight excluding hydrogens is 250 g/mol. The minimum absolute atomic E-state index is 0.0192. The van der Waals surface area contributed by atoms with Crippen LogP contribution < -0.4 is 5.32 Å². The van der Waals surface area contributed by atoms with E-state index in [9.17, 15) is 13.2 Å². The van der Waals surface area contributed by atoms with Gasteiger partial charge in [0.15, 0.2) is 0 Å². The van der Waals surface area contributed by atoms with Gasteiger partial charge in [0.05, 0.1) is 12.4 Å². The van der Waals surface area contributed by atoms with Gasteiger partial charge in [0.2, 0.25) is 5.91 Å². The van der Waals surface area contributed by atoms with Gasteiger partial charge in [-0.1, -0.05) is 0 Å². The summed E-state index contributed by atoms with van der Waals surface area (Å²) in [6.07, 6.45) is 2.91. The molecular formula is C9H19NO4S2. The van der Waals surface area contributed by atoms with E-state index in [2.05, 4.69) is 5.32 Å². The molecule has 0 saturated heterocycles. The summed E-state index contributed by atoms with van der Waals surface area (Å²) in [5, 5.41) is 11.6. The number of carbonyl (C=O) groups excluding carboxylic acids is 1. The average molecular weight is 269 g/mol. The third-order valence-corrected chi connectivity index (χ3v) is 4.24. The topological polar surface area (TPSA) is 83.5 Å². The van der Waals surface area contributed by atoms with Crippen LogP contribution >= 0.6 is 11.8 Å². The summed E-state index contributed by atoms with van der Waals surface area (Å²) in [7, 11) is -3.10. The lowest BCUT2D eigenvalue weighted by atomic mass is 10.2. The highest BCUT2D eigenvalue weighted by Crippen LogP contribution is 2.10. The van der Waals surface area contributed by atoms with E-state index in [0.717, 1.165) is 6.26 Å². The Bertz CT molecular complexity index is 311. The van der Waals surface area contributed by atoms with Crippen molar-refractivity contribution in [1.29, 1.82) is 0 Å². The summed E-state index contributed by atoms with van der Waals surface area (Å²) in [6, 6.07) is -0.174. The first-order valence-electron chi connectivity index (χ1n) is 4.91. The molecule has 0 rings (SSSR count). The van der Waals surface area contributed by atoms with Crippen LogP contribution in [0, 0.1) is 0 Å². The molecule has 2 atom stereocenters. The van der Waals surface area contributed by atoms with Gasteiger partial charge in [0.25, 0.3) is 0 Å². The molecule has 16 heavy (non-hydrogen) atoms. The Hall–Kier alpha value is -0.270. The van der Waals surface area contributed by atoms with Gasteiger partial charge in [-0.25, -0.2) is 8.42 Å². The highest BCUT2D eigenvalue weighted by atomic mass is 32.2. The molecule has 0 radical (unpaired) electrons. The number of rotatable bonds is 7. The third kappa shape index (κ3) is 7.08. The second-order valence-electron chi connectivity index (χ2n) is 3.69. The van der Waals surface area contributed by atoms with Crippen molar-refractivity contribution < 1.29 is 18.3 Å². The lowest BCUT2D eigenvalue weighted by molar-refractivity contribution is -0.121. The Labute approximate surface area is 101 Å². The van der Waals surface area contributed by atoms with E-state index in [1.807, 2.05) is 6.26 Å². The van der Waals surface area contributed by atoms with E-state index < -0.39 is 9.84 Å². The fourth-order valence-electron chi connectivity index (χ4n) is 1.13. The number of hydrogen-bond acceptors (Lipinski definition) is 5. The molecule has 0 aromatic carbocycles. The maximum atomic E-state index is 11.4. The van der Waals surface area contributed by atoms with Crippen LogP contribution in [0.2, 0.25) is 0 Å². The first-order chi connectivity index (χ1) is 7.30. The van der Waals surface area contributed by atoms with Crippen LogP contribution in [0.25, 0.3) is 0 Å². The fraction of sp³-hybridized carbons (Fsp3) is 0.889. The van der Waals surface area contributed by atoms with E-state index in [-0.39, 0.29) is 36.0 Å². The molecule has 0 aromatic rings. The summed E-state index contributed by atoms with van der Waals surface area (Å²) in [5.74, 6) is -0.445. The Morgan fingerprint density at radius 1 is 1.50 bits per heavy atom. The van der Waals surface area contributed by atoms with Crippen LogP contribution in [0.3, 0.4) is 0 Å². The van der Waals surface area contributed by atoms with Crippen LogP contribution in [-0.2, 0) is 14.6 Å². The Balaban J connectivity index is 4.05. The standard InChI is InChI=1S/C9H19NO4S2/c1-7(8(6-11)15-2)10-9(12)4-5-16(3,13)14/h7-8,11H,4-6H2,1-3H3,(H,10,12). The quantitative estimate of drug-likeness (QED) is 0.660. The number of aliphatic hydroxyl groups excluding tert-OH is 1. The summed E-state index contributed by atoms with van der Waals surface area (Å²) in [4.78, 5) is 11.4. The van der Waals surface area contributed by atoms with Gasteiger partial charge in [-0.05, 0) is 13.2 Å². The number of sulfone groups is 1. The van der Waals surface area contributed by atoms with Crippen molar-refractivity contribution in [3.05, 3.63) is 0 Å². The van der Waals surface area contributed by atoms with E-state index in [4.69, 9.17) is 5.11 Å². The molecule has 0 aliphatic heterocycles. The zero-order valence-corrected chi connectivity index (χ0v) is 11.4. The van der Waals surface area contributed by atoms with Gasteiger partial charge < -0.3 is 10.4 Å². The first kappa shape index (κ1) is 15.7. The molecule has 0 fully saturated rings. The number of amides is 1. The largest absolute Gasteiger partial charge is 0.395 e. The summed E-state index contributed by atoms with van der Waals surface area (Å²) in [6.45, 7) is 1.77. The fourth-order valence-corrected chi connectivity index (χ4v) is 2.32. The van der Waals surface area contributed by atoms with Crippen LogP contribution in [0.5, 0.6) is 0 Å². The maximum Gasteiger partial charge on any atom is 0.221 e. The van der Waals surface area contributed by atoms with E-state index in [1.165, 1.54) is 11.8 Å². The second kappa shape index (κ2) is 7.13. The van der Waals surface area contributed by atoms with E-state index in [0.29, 0.717) is 0 Å². The van der Waals surface area contributed by atoms with Crippen LogP contribution in [0.15, 0.2) is 0 Å². The minimum atomic E-state index is -3.10. The van der Waals surface area contributed by atoms with E-state index >= 15 is 0 Å². The molecule has 1 amide bonds. The molecule has 7 heteroatoms. The lowest BCUT2D eigenvalue weighted by Crippen LogP contribution is -2.41. The van der Waals surface area contributed by atoms with Crippen LogP contribution in [0.1, 0.15) is 13.3 Å². The van der Waals surface area contributed by atoms with Crippen molar-refractivity contribution in [2.75, 3.05) is 24.9 Å². The highest BCUT2D eigenvalue weighted by Gasteiger charge is 2.17. The van der Waals surface area contributed by atoms with Gasteiger partial charge in [0, 0.05) is 24.0 Å². The van der Waals surface area contributed by atoms with E-state index in [1.54, 1.807) is 6.92 Å². The molecule has 0 aromatic heterocycles. The van der Waals surface area contributed by atoms with Gasteiger partial charge >= 0.3 is 0 Å². The Morgan fingerprint density at radius 2 is 2.06 bits per heavy atom. The minimum Gasteiger partial charge on any atom is -0.395 e. The van der Waals surface area contributed by atoms with Crippen molar-refractivity contribution in [2.45, 2.75) is 24.6 Å². The molecule has 0 bridgehead atoms. The smallest absolute Gasteiger partial charge is 0.221 e. The molecule has 96 valence electrons. The maximum absolute atomic E-state index is 11.4. The van der Waals surface area contributed by atoms with Gasteiger partial charge in [-0.15, -0.1) is 0 Å². The third-order valence-electron chi connectivity index (χ3n) is 2.13. The normalized spacial score (nSPS) is 15.5. The Morgan fingerprint density at radius 3 is 2.44 bits per heavy atom.